The van der Waals surface area contributed by atoms with Gasteiger partial charge in [-0.15, -0.1) is 0 Å². The fraction of sp³-hybridized carbons (Fsp3) is 0.211. The van der Waals surface area contributed by atoms with E-state index in [0.29, 0.717) is 22.8 Å². The third-order valence-electron chi connectivity index (χ3n) is 4.04. The summed E-state index contributed by atoms with van der Waals surface area (Å²) in [5.41, 5.74) is 2.63. The minimum atomic E-state index is -3.71. The van der Waals surface area contributed by atoms with E-state index in [-0.39, 0.29) is 4.90 Å². The predicted molar refractivity (Wildman–Crippen MR) is 101 cm³/mol. The second-order valence-electron chi connectivity index (χ2n) is 6.17. The number of hydrogen-bond acceptors (Lipinski definition) is 4. The summed E-state index contributed by atoms with van der Waals surface area (Å²) in [4.78, 5) is 0.208. The van der Waals surface area contributed by atoms with Gasteiger partial charge in [-0.2, -0.15) is 5.10 Å². The number of nitrogens with one attached hydrogen (secondary N) is 1. The van der Waals surface area contributed by atoms with Crippen molar-refractivity contribution in [1.29, 1.82) is 0 Å². The first-order valence-electron chi connectivity index (χ1n) is 8.14. The van der Waals surface area contributed by atoms with Gasteiger partial charge in [-0.25, -0.2) is 8.42 Å². The molecule has 0 radical (unpaired) electrons. The Morgan fingerprint density at radius 1 is 1.00 bits per heavy atom. The number of ether oxygens (including phenoxy) is 1. The molecule has 6 nitrogen and oxygen atoms in total. The van der Waals surface area contributed by atoms with Crippen LogP contribution < -0.4 is 9.46 Å². The van der Waals surface area contributed by atoms with Crippen LogP contribution in [0.3, 0.4) is 0 Å². The van der Waals surface area contributed by atoms with Gasteiger partial charge >= 0.3 is 0 Å². The molecule has 0 aliphatic heterocycles. The molecule has 0 aliphatic carbocycles. The number of rotatable bonds is 5. The molecule has 0 unspecified atom stereocenters. The number of sulfonamides is 1. The summed E-state index contributed by atoms with van der Waals surface area (Å²) in [6, 6.07) is 14.5. The number of aromatic nitrogens is 2. The third-order valence-corrected chi connectivity index (χ3v) is 5.68. The number of nitrogens with zero attached hydrogens (tertiary/aromatic N) is 2. The highest BCUT2D eigenvalue weighted by atomic mass is 32.2. The molecule has 0 saturated carbocycles. The Bertz CT molecular complexity index is 1040. The minimum absolute atomic E-state index is 0.208. The van der Waals surface area contributed by atoms with Gasteiger partial charge < -0.3 is 4.74 Å². The Labute approximate surface area is 153 Å². The fourth-order valence-corrected chi connectivity index (χ4v) is 4.25. The molecule has 26 heavy (non-hydrogen) atoms. The van der Waals surface area contributed by atoms with Crippen LogP contribution in [0.15, 0.2) is 53.4 Å². The maximum Gasteiger partial charge on any atom is 0.265 e. The molecule has 0 spiro atoms. The summed E-state index contributed by atoms with van der Waals surface area (Å²) in [6.45, 7) is 5.40. The Morgan fingerprint density at radius 3 is 2.27 bits per heavy atom. The van der Waals surface area contributed by atoms with E-state index in [1.165, 1.54) is 0 Å². The molecule has 136 valence electrons. The lowest BCUT2D eigenvalue weighted by atomic mass is 10.2. The third kappa shape index (κ3) is 3.72. The minimum Gasteiger partial charge on any atom is -0.457 e. The van der Waals surface area contributed by atoms with Crippen molar-refractivity contribution in [3.8, 4) is 11.5 Å². The van der Waals surface area contributed by atoms with Crippen LogP contribution in [0.1, 0.15) is 17.0 Å². The number of anilines is 1. The number of hydrogen-bond donors (Lipinski definition) is 1. The normalized spacial score (nSPS) is 11.4. The molecule has 3 rings (SSSR count). The lowest BCUT2D eigenvalue weighted by molar-refractivity contribution is 0.482. The maximum absolute atomic E-state index is 12.7. The molecule has 0 amide bonds. The van der Waals surface area contributed by atoms with E-state index >= 15 is 0 Å². The summed E-state index contributed by atoms with van der Waals surface area (Å²) in [5, 5.41) is 4.16. The van der Waals surface area contributed by atoms with Gasteiger partial charge in [0, 0.05) is 12.7 Å². The Kier molecular flexibility index (Phi) is 4.73. The molecule has 1 aromatic heterocycles. The second-order valence-corrected chi connectivity index (χ2v) is 7.79. The molecule has 0 aliphatic rings. The van der Waals surface area contributed by atoms with Crippen LogP contribution in [0.2, 0.25) is 0 Å². The summed E-state index contributed by atoms with van der Waals surface area (Å²) >= 11 is 0. The average Bonchev–Trinajstić information content (AvgIpc) is 2.82. The van der Waals surface area contributed by atoms with E-state index in [1.54, 1.807) is 49.8 Å². The zero-order valence-corrected chi connectivity index (χ0v) is 16.0. The molecule has 0 bridgehead atoms. The van der Waals surface area contributed by atoms with Crippen molar-refractivity contribution in [1.82, 2.24) is 9.78 Å². The van der Waals surface area contributed by atoms with Crippen molar-refractivity contribution < 1.29 is 13.2 Å². The van der Waals surface area contributed by atoms with Crippen molar-refractivity contribution in [3.05, 3.63) is 65.5 Å². The second kappa shape index (κ2) is 6.84. The fourth-order valence-electron chi connectivity index (χ4n) is 2.76. The highest BCUT2D eigenvalue weighted by Gasteiger charge is 2.23. The van der Waals surface area contributed by atoms with Gasteiger partial charge in [0.2, 0.25) is 0 Å². The van der Waals surface area contributed by atoms with Crippen molar-refractivity contribution in [3.63, 3.8) is 0 Å². The summed E-state index contributed by atoms with van der Waals surface area (Å²) < 4.78 is 35.3. The Hall–Kier alpha value is -2.80. The summed E-state index contributed by atoms with van der Waals surface area (Å²) in [6.07, 6.45) is 0. The van der Waals surface area contributed by atoms with Gasteiger partial charge in [-0.1, -0.05) is 12.1 Å². The highest BCUT2D eigenvalue weighted by Crippen LogP contribution is 2.26. The average molecular weight is 371 g/mol. The van der Waals surface area contributed by atoms with Gasteiger partial charge in [0.25, 0.3) is 10.0 Å². The van der Waals surface area contributed by atoms with Crippen molar-refractivity contribution in [2.75, 3.05) is 4.72 Å². The lowest BCUT2D eigenvalue weighted by Gasteiger charge is -2.10. The van der Waals surface area contributed by atoms with E-state index in [1.807, 2.05) is 31.2 Å². The van der Waals surface area contributed by atoms with Crippen LogP contribution >= 0.6 is 0 Å². The number of aryl methyl sites for hydroxylation is 3. The Morgan fingerprint density at radius 2 is 1.69 bits per heavy atom. The topological polar surface area (TPSA) is 73.2 Å². The van der Waals surface area contributed by atoms with E-state index in [0.717, 1.165) is 11.3 Å². The van der Waals surface area contributed by atoms with Gasteiger partial charge in [0.1, 0.15) is 16.4 Å². The molecule has 7 heteroatoms. The van der Waals surface area contributed by atoms with Crippen molar-refractivity contribution in [2.24, 2.45) is 7.05 Å². The van der Waals surface area contributed by atoms with Gasteiger partial charge in [0.05, 0.1) is 11.4 Å². The zero-order chi connectivity index (χ0) is 18.9. The molecule has 0 atom stereocenters. The van der Waals surface area contributed by atoms with E-state index < -0.39 is 10.0 Å². The van der Waals surface area contributed by atoms with Gasteiger partial charge in [0.15, 0.2) is 0 Å². The van der Waals surface area contributed by atoms with Gasteiger partial charge in [-0.05, 0) is 62.7 Å². The zero-order valence-electron chi connectivity index (χ0n) is 15.1. The van der Waals surface area contributed by atoms with Crippen molar-refractivity contribution >= 4 is 15.7 Å². The van der Waals surface area contributed by atoms with E-state index in [4.69, 9.17) is 4.74 Å². The first-order valence-corrected chi connectivity index (χ1v) is 9.62. The molecular weight excluding hydrogens is 350 g/mol. The van der Waals surface area contributed by atoms with Crippen LogP contribution in [0.5, 0.6) is 11.5 Å². The monoisotopic (exact) mass is 371 g/mol. The SMILES string of the molecule is Cc1cccc(Oc2ccc(NS(=O)(=O)c3c(C)nn(C)c3C)cc2)c1. The smallest absolute Gasteiger partial charge is 0.265 e. The van der Waals surface area contributed by atoms with Crippen molar-refractivity contribution in [2.45, 2.75) is 25.7 Å². The van der Waals surface area contributed by atoms with E-state index in [9.17, 15) is 8.42 Å². The molecule has 0 fully saturated rings. The van der Waals surface area contributed by atoms with Crippen LogP contribution in [-0.4, -0.2) is 18.2 Å². The number of benzene rings is 2. The van der Waals surface area contributed by atoms with Crippen LogP contribution in [0.4, 0.5) is 5.69 Å². The molecule has 3 aromatic rings. The predicted octanol–water partition coefficient (Wildman–Crippen LogP) is 3.94. The molecule has 1 heterocycles. The Balaban J connectivity index is 1.78. The van der Waals surface area contributed by atoms with Gasteiger partial charge in [-0.3, -0.25) is 9.40 Å². The standard InChI is InChI=1S/C19H21N3O3S/c1-13-6-5-7-18(12-13)25-17-10-8-16(9-11-17)21-26(23,24)19-14(2)20-22(4)15(19)3/h5-12,21H,1-4H3. The quantitative estimate of drug-likeness (QED) is 0.737. The summed E-state index contributed by atoms with van der Waals surface area (Å²) in [7, 11) is -1.98. The highest BCUT2D eigenvalue weighted by molar-refractivity contribution is 7.92. The first-order chi connectivity index (χ1) is 12.3. The molecule has 1 N–H and O–H groups in total. The van der Waals surface area contributed by atoms with E-state index in [2.05, 4.69) is 9.82 Å². The largest absolute Gasteiger partial charge is 0.457 e. The molecular formula is C19H21N3O3S. The van der Waals surface area contributed by atoms with Crippen LogP contribution in [-0.2, 0) is 17.1 Å². The molecule has 2 aromatic carbocycles. The maximum atomic E-state index is 12.7. The summed E-state index contributed by atoms with van der Waals surface area (Å²) in [5.74, 6) is 1.37. The van der Waals surface area contributed by atoms with Crippen LogP contribution in [0, 0.1) is 20.8 Å². The first kappa shape index (κ1) is 18.0. The molecule has 0 saturated heterocycles. The lowest BCUT2D eigenvalue weighted by Crippen LogP contribution is -2.14. The van der Waals surface area contributed by atoms with Crippen LogP contribution in [0.25, 0.3) is 0 Å².